The molecule has 3 heterocycles. The van der Waals surface area contributed by atoms with E-state index in [1.165, 1.54) is 6.20 Å². The number of aromatic nitrogens is 4. The lowest BCUT2D eigenvalue weighted by Gasteiger charge is -2.38. The fourth-order valence-corrected chi connectivity index (χ4v) is 2.33. The molecule has 1 aliphatic heterocycles. The maximum absolute atomic E-state index is 11.0. The number of hydrogen-bond donors (Lipinski definition) is 1. The van der Waals surface area contributed by atoms with Gasteiger partial charge in [-0.3, -0.25) is 14.4 Å². The van der Waals surface area contributed by atoms with E-state index >= 15 is 0 Å². The van der Waals surface area contributed by atoms with E-state index in [0.29, 0.717) is 11.6 Å². The van der Waals surface area contributed by atoms with Gasteiger partial charge in [0.2, 0.25) is 0 Å². The van der Waals surface area contributed by atoms with Gasteiger partial charge in [-0.1, -0.05) is 0 Å². The Morgan fingerprint density at radius 3 is 2.95 bits per heavy atom. The highest BCUT2D eigenvalue weighted by molar-refractivity contribution is 5.92. The number of nitrogens with zero attached hydrogens (tertiary/aromatic N) is 5. The van der Waals surface area contributed by atoms with Crippen LogP contribution in [0.2, 0.25) is 0 Å². The van der Waals surface area contributed by atoms with Gasteiger partial charge in [0.15, 0.2) is 0 Å². The first-order valence-electron chi connectivity index (χ1n) is 6.46. The molecule has 0 unspecified atom stereocenters. The molecular formula is C13H16N6O. The molecule has 1 amide bonds. The first-order chi connectivity index (χ1) is 9.61. The Bertz CT molecular complexity index is 631. The minimum atomic E-state index is -0.441. The zero-order valence-electron chi connectivity index (χ0n) is 11.2. The van der Waals surface area contributed by atoms with Crippen molar-refractivity contribution in [1.29, 1.82) is 0 Å². The molecule has 20 heavy (non-hydrogen) atoms. The fraction of sp³-hybridized carbons (Fsp3) is 0.385. The molecule has 1 fully saturated rings. The smallest absolute Gasteiger partial charge is 0.251 e. The Kier molecular flexibility index (Phi) is 3.19. The number of likely N-dealkylation sites (tertiary alicyclic amines) is 1. The summed E-state index contributed by atoms with van der Waals surface area (Å²) in [4.78, 5) is 21.8. The van der Waals surface area contributed by atoms with Crippen LogP contribution in [0.4, 0.5) is 0 Å². The van der Waals surface area contributed by atoms with Gasteiger partial charge in [-0.25, -0.2) is 9.97 Å². The van der Waals surface area contributed by atoms with Crippen molar-refractivity contribution in [2.75, 3.05) is 13.1 Å². The zero-order valence-corrected chi connectivity index (χ0v) is 11.2. The average molecular weight is 272 g/mol. The first kappa shape index (κ1) is 12.7. The summed E-state index contributed by atoms with van der Waals surface area (Å²) in [5.74, 6) is 0.349. The number of carbonyl (C=O) groups excluding carboxylic acids is 1. The molecule has 0 radical (unpaired) electrons. The van der Waals surface area contributed by atoms with Crippen LogP contribution < -0.4 is 5.73 Å². The number of amides is 1. The van der Waals surface area contributed by atoms with Crippen LogP contribution in [0.25, 0.3) is 0 Å². The quantitative estimate of drug-likeness (QED) is 0.855. The van der Waals surface area contributed by atoms with Crippen LogP contribution in [0, 0.1) is 6.92 Å². The predicted molar refractivity (Wildman–Crippen MR) is 71.8 cm³/mol. The number of nitrogens with two attached hydrogens (primary N) is 1. The second kappa shape index (κ2) is 5.01. The summed E-state index contributed by atoms with van der Waals surface area (Å²) in [5, 5.41) is 4.18. The maximum atomic E-state index is 11.0. The van der Waals surface area contributed by atoms with Crippen molar-refractivity contribution in [2.24, 2.45) is 5.73 Å². The number of aryl methyl sites for hydroxylation is 1. The summed E-state index contributed by atoms with van der Waals surface area (Å²) in [7, 11) is 0. The minimum Gasteiger partial charge on any atom is -0.366 e. The predicted octanol–water partition coefficient (Wildman–Crippen LogP) is 0.137. The molecule has 1 aliphatic rings. The molecule has 2 N–H and O–H groups in total. The minimum absolute atomic E-state index is 0.297. The Hall–Kier alpha value is -2.28. The van der Waals surface area contributed by atoms with E-state index in [9.17, 15) is 4.79 Å². The van der Waals surface area contributed by atoms with Crippen molar-refractivity contribution >= 4 is 5.91 Å². The van der Waals surface area contributed by atoms with Crippen molar-refractivity contribution in [3.05, 3.63) is 41.7 Å². The van der Waals surface area contributed by atoms with Gasteiger partial charge in [-0.2, -0.15) is 5.10 Å². The highest BCUT2D eigenvalue weighted by atomic mass is 16.1. The van der Waals surface area contributed by atoms with Crippen LogP contribution in [-0.2, 0) is 6.54 Å². The first-order valence-corrected chi connectivity index (χ1v) is 6.46. The molecule has 0 atom stereocenters. The van der Waals surface area contributed by atoms with Crippen LogP contribution >= 0.6 is 0 Å². The second-order valence-corrected chi connectivity index (χ2v) is 5.02. The molecule has 7 heteroatoms. The fourth-order valence-electron chi connectivity index (χ4n) is 2.33. The van der Waals surface area contributed by atoms with Gasteiger partial charge in [0.05, 0.1) is 23.5 Å². The van der Waals surface area contributed by atoms with E-state index in [1.807, 2.05) is 17.7 Å². The van der Waals surface area contributed by atoms with Crippen molar-refractivity contribution in [3.8, 4) is 0 Å². The van der Waals surface area contributed by atoms with Gasteiger partial charge in [0.1, 0.15) is 5.82 Å². The van der Waals surface area contributed by atoms with E-state index in [4.69, 9.17) is 5.73 Å². The highest BCUT2D eigenvalue weighted by Gasteiger charge is 2.29. The Labute approximate surface area is 116 Å². The molecule has 0 bridgehead atoms. The summed E-state index contributed by atoms with van der Waals surface area (Å²) < 4.78 is 1.81. The van der Waals surface area contributed by atoms with Gasteiger partial charge in [0.25, 0.3) is 5.91 Å². The number of rotatable bonds is 4. The van der Waals surface area contributed by atoms with E-state index < -0.39 is 5.91 Å². The summed E-state index contributed by atoms with van der Waals surface area (Å²) in [6.07, 6.45) is 5.00. The highest BCUT2D eigenvalue weighted by Crippen LogP contribution is 2.22. The van der Waals surface area contributed by atoms with Gasteiger partial charge in [-0.05, 0) is 13.0 Å². The number of hydrogen-bond acceptors (Lipinski definition) is 5. The monoisotopic (exact) mass is 272 g/mol. The standard InChI is InChI=1S/C13H16N6O/c1-9-15-3-2-11(17-9)6-18-7-12(8-18)19-5-10(4-16-19)13(14)20/h2-5,12H,6-8H2,1H3,(H2,14,20). The van der Waals surface area contributed by atoms with Crippen molar-refractivity contribution < 1.29 is 4.79 Å². The van der Waals surface area contributed by atoms with E-state index in [1.54, 1.807) is 12.4 Å². The lowest BCUT2D eigenvalue weighted by atomic mass is 10.1. The third-order valence-corrected chi connectivity index (χ3v) is 3.42. The lowest BCUT2D eigenvalue weighted by molar-refractivity contribution is 0.0892. The SMILES string of the molecule is Cc1nccc(CN2CC(n3cc(C(N)=O)cn3)C2)n1. The van der Waals surface area contributed by atoms with Crippen molar-refractivity contribution in [3.63, 3.8) is 0 Å². The molecule has 0 saturated carbocycles. The zero-order chi connectivity index (χ0) is 14.1. The van der Waals surface area contributed by atoms with Crippen LogP contribution in [0.15, 0.2) is 24.7 Å². The van der Waals surface area contributed by atoms with Gasteiger partial charge < -0.3 is 5.73 Å². The topological polar surface area (TPSA) is 89.9 Å². The summed E-state index contributed by atoms with van der Waals surface area (Å²) in [6, 6.07) is 2.23. The molecule has 7 nitrogen and oxygen atoms in total. The molecular weight excluding hydrogens is 256 g/mol. The van der Waals surface area contributed by atoms with Crippen LogP contribution in [0.5, 0.6) is 0 Å². The van der Waals surface area contributed by atoms with Crippen LogP contribution in [-0.4, -0.2) is 43.6 Å². The second-order valence-electron chi connectivity index (χ2n) is 5.02. The molecule has 2 aromatic heterocycles. The molecule has 2 aromatic rings. The van der Waals surface area contributed by atoms with Gasteiger partial charge in [-0.15, -0.1) is 0 Å². The molecule has 0 aromatic carbocycles. The molecule has 0 spiro atoms. The molecule has 1 saturated heterocycles. The van der Waals surface area contributed by atoms with E-state index in [-0.39, 0.29) is 0 Å². The Morgan fingerprint density at radius 1 is 1.50 bits per heavy atom. The molecule has 104 valence electrons. The summed E-state index contributed by atoms with van der Waals surface area (Å²) in [5.41, 5.74) is 6.69. The van der Waals surface area contributed by atoms with Gasteiger partial charge in [0, 0.05) is 32.0 Å². The van der Waals surface area contributed by atoms with E-state index in [0.717, 1.165) is 31.2 Å². The average Bonchev–Trinajstić information content (AvgIpc) is 2.82. The number of carbonyl (C=O) groups is 1. The molecule has 3 rings (SSSR count). The lowest BCUT2D eigenvalue weighted by Crippen LogP contribution is -2.47. The third kappa shape index (κ3) is 2.53. The summed E-state index contributed by atoms with van der Waals surface area (Å²) >= 11 is 0. The van der Waals surface area contributed by atoms with Gasteiger partial charge >= 0.3 is 0 Å². The Morgan fingerprint density at radius 2 is 2.30 bits per heavy atom. The normalized spacial score (nSPS) is 16.1. The number of primary amides is 1. The Balaban J connectivity index is 1.57. The van der Waals surface area contributed by atoms with Crippen molar-refractivity contribution in [1.82, 2.24) is 24.6 Å². The van der Waals surface area contributed by atoms with E-state index in [2.05, 4.69) is 20.0 Å². The van der Waals surface area contributed by atoms with Crippen LogP contribution in [0.3, 0.4) is 0 Å². The largest absolute Gasteiger partial charge is 0.366 e. The maximum Gasteiger partial charge on any atom is 0.251 e. The third-order valence-electron chi connectivity index (χ3n) is 3.42. The molecule has 0 aliphatic carbocycles. The summed E-state index contributed by atoms with van der Waals surface area (Å²) in [6.45, 7) is 4.48. The van der Waals surface area contributed by atoms with Crippen LogP contribution in [0.1, 0.15) is 27.9 Å². The van der Waals surface area contributed by atoms with Crippen molar-refractivity contribution in [2.45, 2.75) is 19.5 Å².